The lowest BCUT2D eigenvalue weighted by Crippen LogP contribution is -2.36. The summed E-state index contributed by atoms with van der Waals surface area (Å²) in [6, 6.07) is 10.6. The summed E-state index contributed by atoms with van der Waals surface area (Å²) in [5.41, 5.74) is -0.920. The number of aromatic nitrogens is 3. The van der Waals surface area contributed by atoms with Crippen molar-refractivity contribution in [1.82, 2.24) is 14.8 Å². The fraction of sp³-hybridized carbons (Fsp3) is 0.222. The molecule has 0 radical (unpaired) electrons. The van der Waals surface area contributed by atoms with E-state index in [1.54, 1.807) is 18.2 Å². The molecule has 8 heteroatoms. The van der Waals surface area contributed by atoms with E-state index >= 15 is 0 Å². The van der Waals surface area contributed by atoms with E-state index in [0.717, 1.165) is 0 Å². The van der Waals surface area contributed by atoms with Gasteiger partial charge in [-0.1, -0.05) is 17.7 Å². The molecule has 1 heterocycles. The van der Waals surface area contributed by atoms with Crippen LogP contribution in [-0.2, 0) is 16.9 Å². The van der Waals surface area contributed by atoms with Crippen LogP contribution in [0.3, 0.4) is 0 Å². The van der Waals surface area contributed by atoms with Crippen molar-refractivity contribution < 1.29 is 19.0 Å². The van der Waals surface area contributed by atoms with Gasteiger partial charge in [0, 0.05) is 12.7 Å². The first-order valence-electron chi connectivity index (χ1n) is 7.77. The van der Waals surface area contributed by atoms with E-state index in [1.165, 1.54) is 48.7 Å². The van der Waals surface area contributed by atoms with Crippen molar-refractivity contribution in [3.8, 4) is 11.5 Å². The molecule has 0 bridgehead atoms. The lowest BCUT2D eigenvalue weighted by molar-refractivity contribution is -0.0505. The molecular formula is C18H17ClFN3O3. The maximum Gasteiger partial charge on any atom is 0.137 e. The van der Waals surface area contributed by atoms with E-state index in [1.807, 2.05) is 0 Å². The number of aliphatic hydroxyl groups is 1. The van der Waals surface area contributed by atoms with Crippen molar-refractivity contribution in [3.05, 3.63) is 71.5 Å². The summed E-state index contributed by atoms with van der Waals surface area (Å²) in [6.07, 6.45) is 2.88. The molecular weight excluding hydrogens is 361 g/mol. The van der Waals surface area contributed by atoms with Crippen LogP contribution in [0.4, 0.5) is 4.39 Å². The Morgan fingerprint density at radius 1 is 1.19 bits per heavy atom. The van der Waals surface area contributed by atoms with Crippen LogP contribution in [-0.4, -0.2) is 33.6 Å². The van der Waals surface area contributed by atoms with Gasteiger partial charge in [-0.15, -0.1) is 0 Å². The zero-order chi connectivity index (χ0) is 18.6. The van der Waals surface area contributed by atoms with Gasteiger partial charge < -0.3 is 14.6 Å². The number of methoxy groups -OCH3 is 1. The monoisotopic (exact) mass is 377 g/mol. The second-order valence-corrected chi connectivity index (χ2v) is 6.16. The van der Waals surface area contributed by atoms with Gasteiger partial charge in [-0.05, 0) is 36.4 Å². The molecule has 0 amide bonds. The third-order valence-corrected chi connectivity index (χ3v) is 4.08. The third-order valence-electron chi connectivity index (χ3n) is 3.76. The summed E-state index contributed by atoms with van der Waals surface area (Å²) in [7, 11) is 1.49. The Morgan fingerprint density at radius 2 is 1.92 bits per heavy atom. The number of ether oxygens (including phenoxy) is 2. The van der Waals surface area contributed by atoms with Gasteiger partial charge in [0.15, 0.2) is 0 Å². The Hall–Kier alpha value is -2.48. The Balaban J connectivity index is 1.85. The second-order valence-electron chi connectivity index (χ2n) is 5.76. The van der Waals surface area contributed by atoms with Gasteiger partial charge in [0.05, 0.1) is 18.2 Å². The molecule has 26 heavy (non-hydrogen) atoms. The standard InChI is InChI=1S/C18H17ClFN3O3/c1-25-10-18(24,9-23-12-21-11-22-23)16-7-6-15(8-17(16)19)26-14-4-2-13(20)3-5-14/h2-8,11-12,24H,9-10H2,1H3/t18-/m0/s1. The zero-order valence-electron chi connectivity index (χ0n) is 14.0. The molecule has 3 rings (SSSR count). The van der Waals surface area contributed by atoms with Gasteiger partial charge in [0.25, 0.3) is 0 Å². The molecule has 1 N–H and O–H groups in total. The summed E-state index contributed by atoms with van der Waals surface area (Å²) in [5, 5.41) is 15.4. The third kappa shape index (κ3) is 4.19. The van der Waals surface area contributed by atoms with E-state index in [-0.39, 0.29) is 19.0 Å². The maximum absolute atomic E-state index is 13.0. The topological polar surface area (TPSA) is 69.4 Å². The summed E-state index contributed by atoms with van der Waals surface area (Å²) in [5.74, 6) is 0.597. The maximum atomic E-state index is 13.0. The van der Waals surface area contributed by atoms with Gasteiger partial charge >= 0.3 is 0 Å². The van der Waals surface area contributed by atoms with Crippen molar-refractivity contribution in [1.29, 1.82) is 0 Å². The number of hydrogen-bond acceptors (Lipinski definition) is 5. The van der Waals surface area contributed by atoms with Crippen molar-refractivity contribution in [3.63, 3.8) is 0 Å². The van der Waals surface area contributed by atoms with Gasteiger partial charge in [-0.2, -0.15) is 5.10 Å². The van der Waals surface area contributed by atoms with Gasteiger partial charge in [0.2, 0.25) is 0 Å². The molecule has 1 aromatic heterocycles. The summed E-state index contributed by atoms with van der Waals surface area (Å²) in [6.45, 7) is 0.142. The Kier molecular flexibility index (Phi) is 5.51. The summed E-state index contributed by atoms with van der Waals surface area (Å²) in [4.78, 5) is 3.87. The van der Waals surface area contributed by atoms with E-state index in [0.29, 0.717) is 22.1 Å². The van der Waals surface area contributed by atoms with Gasteiger partial charge in [-0.25, -0.2) is 14.1 Å². The highest BCUT2D eigenvalue weighted by Gasteiger charge is 2.33. The summed E-state index contributed by atoms with van der Waals surface area (Å²) >= 11 is 6.38. The van der Waals surface area contributed by atoms with E-state index in [4.69, 9.17) is 21.1 Å². The second kappa shape index (κ2) is 7.82. The predicted molar refractivity (Wildman–Crippen MR) is 93.7 cm³/mol. The Labute approximate surface area is 154 Å². The van der Waals surface area contributed by atoms with Crippen molar-refractivity contribution in [2.24, 2.45) is 0 Å². The first-order valence-corrected chi connectivity index (χ1v) is 8.15. The molecule has 0 aliphatic carbocycles. The minimum atomic E-state index is -1.39. The first-order chi connectivity index (χ1) is 12.5. The van der Waals surface area contributed by atoms with Gasteiger partial charge in [-0.3, -0.25) is 0 Å². The SMILES string of the molecule is COC[C@@](O)(Cn1cncn1)c1ccc(Oc2ccc(F)cc2)cc1Cl. The molecule has 2 aromatic carbocycles. The molecule has 136 valence electrons. The fourth-order valence-electron chi connectivity index (χ4n) is 2.61. The van der Waals surface area contributed by atoms with Crippen LogP contribution in [0.2, 0.25) is 5.02 Å². The molecule has 1 atom stereocenters. The molecule has 0 saturated carbocycles. The van der Waals surface area contributed by atoms with Crippen LogP contribution in [0.15, 0.2) is 55.1 Å². The number of benzene rings is 2. The van der Waals surface area contributed by atoms with Crippen LogP contribution in [0.25, 0.3) is 0 Å². The van der Waals surface area contributed by atoms with E-state index < -0.39 is 5.60 Å². The molecule has 6 nitrogen and oxygen atoms in total. The molecule has 0 aliphatic rings. The lowest BCUT2D eigenvalue weighted by atomic mass is 9.94. The highest BCUT2D eigenvalue weighted by atomic mass is 35.5. The molecule has 0 unspecified atom stereocenters. The molecule has 0 saturated heterocycles. The average molecular weight is 378 g/mol. The number of hydrogen-bond donors (Lipinski definition) is 1. The minimum absolute atomic E-state index is 0.0186. The average Bonchev–Trinajstić information content (AvgIpc) is 3.10. The quantitative estimate of drug-likeness (QED) is 0.683. The number of halogens is 2. The molecule has 3 aromatic rings. The predicted octanol–water partition coefficient (Wildman–Crippen LogP) is 3.40. The highest BCUT2D eigenvalue weighted by Crippen LogP contribution is 2.34. The van der Waals surface area contributed by atoms with Crippen molar-refractivity contribution in [2.75, 3.05) is 13.7 Å². The number of nitrogens with zero attached hydrogens (tertiary/aromatic N) is 3. The van der Waals surface area contributed by atoms with E-state index in [2.05, 4.69) is 10.1 Å². The largest absolute Gasteiger partial charge is 0.457 e. The molecule has 0 aliphatic heterocycles. The Morgan fingerprint density at radius 3 is 2.54 bits per heavy atom. The van der Waals surface area contributed by atoms with Crippen LogP contribution in [0.5, 0.6) is 11.5 Å². The summed E-state index contributed by atoms with van der Waals surface area (Å²) < 4.78 is 25.3. The molecule has 0 fully saturated rings. The van der Waals surface area contributed by atoms with Crippen molar-refractivity contribution >= 4 is 11.6 Å². The fourth-order valence-corrected chi connectivity index (χ4v) is 2.95. The smallest absolute Gasteiger partial charge is 0.137 e. The lowest BCUT2D eigenvalue weighted by Gasteiger charge is -2.28. The van der Waals surface area contributed by atoms with Crippen LogP contribution in [0, 0.1) is 5.82 Å². The Bertz CT molecular complexity index is 859. The zero-order valence-corrected chi connectivity index (χ0v) is 14.7. The van der Waals surface area contributed by atoms with Crippen LogP contribution >= 0.6 is 11.6 Å². The minimum Gasteiger partial charge on any atom is -0.457 e. The number of rotatable bonds is 7. The van der Waals surface area contributed by atoms with Crippen LogP contribution in [0.1, 0.15) is 5.56 Å². The highest BCUT2D eigenvalue weighted by molar-refractivity contribution is 6.31. The van der Waals surface area contributed by atoms with Crippen molar-refractivity contribution in [2.45, 2.75) is 12.1 Å². The van der Waals surface area contributed by atoms with Gasteiger partial charge in [0.1, 0.15) is 35.6 Å². The molecule has 0 spiro atoms. The van der Waals surface area contributed by atoms with Crippen LogP contribution < -0.4 is 4.74 Å². The first kappa shape index (κ1) is 18.3. The van der Waals surface area contributed by atoms with E-state index in [9.17, 15) is 9.50 Å². The normalized spacial score (nSPS) is 13.4.